The van der Waals surface area contributed by atoms with Gasteiger partial charge < -0.3 is 5.11 Å². The number of halogens is 1. The van der Waals surface area contributed by atoms with E-state index in [0.29, 0.717) is 10.9 Å². The predicted molar refractivity (Wildman–Crippen MR) is 56.6 cm³/mol. The number of hydrogen-bond donors (Lipinski definition) is 1. The molecule has 0 saturated carbocycles. The Bertz CT molecular complexity index is 284. The third-order valence-corrected chi connectivity index (χ3v) is 2.74. The quantitative estimate of drug-likeness (QED) is 0.765. The summed E-state index contributed by atoms with van der Waals surface area (Å²) in [5, 5.41) is 9.96. The second kappa shape index (κ2) is 4.01. The van der Waals surface area contributed by atoms with Gasteiger partial charge in [-0.25, -0.2) is 0 Å². The van der Waals surface area contributed by atoms with Gasteiger partial charge in [-0.2, -0.15) is 0 Å². The first kappa shape index (κ1) is 10.4. The van der Waals surface area contributed by atoms with Crippen molar-refractivity contribution in [2.24, 2.45) is 0 Å². The molecule has 0 heterocycles. The zero-order valence-corrected chi connectivity index (χ0v) is 9.02. The fourth-order valence-electron chi connectivity index (χ4n) is 1.57. The van der Waals surface area contributed by atoms with Gasteiger partial charge in [0, 0.05) is 5.02 Å². The molecule has 2 heteroatoms. The van der Waals surface area contributed by atoms with Crippen LogP contribution in [-0.4, -0.2) is 5.11 Å². The first-order valence-corrected chi connectivity index (χ1v) is 4.93. The Hall–Kier alpha value is -0.690. The molecule has 1 nitrogen and oxygen atoms in total. The molecular formula is C11H15ClO. The Labute approximate surface area is 84.4 Å². The van der Waals surface area contributed by atoms with Gasteiger partial charge in [0.15, 0.2) is 0 Å². The fourth-order valence-corrected chi connectivity index (χ4v) is 2.01. The van der Waals surface area contributed by atoms with Crippen LogP contribution in [0.25, 0.3) is 0 Å². The Morgan fingerprint density at radius 1 is 1.46 bits per heavy atom. The number of phenolic OH excluding ortho intramolecular Hbond substituents is 1. The van der Waals surface area contributed by atoms with E-state index >= 15 is 0 Å². The van der Waals surface area contributed by atoms with E-state index in [4.69, 9.17) is 11.6 Å². The summed E-state index contributed by atoms with van der Waals surface area (Å²) in [6.07, 6.45) is 1.06. The first-order valence-electron chi connectivity index (χ1n) is 4.55. The molecule has 0 radical (unpaired) electrons. The molecule has 0 bridgehead atoms. The molecule has 1 atom stereocenters. The normalized spacial score (nSPS) is 12.9. The van der Waals surface area contributed by atoms with Gasteiger partial charge >= 0.3 is 0 Å². The van der Waals surface area contributed by atoms with E-state index < -0.39 is 0 Å². The maximum atomic E-state index is 9.29. The molecule has 0 aliphatic carbocycles. The van der Waals surface area contributed by atoms with E-state index in [2.05, 4.69) is 13.8 Å². The Balaban J connectivity index is 3.20. The highest BCUT2D eigenvalue weighted by Gasteiger charge is 2.11. The van der Waals surface area contributed by atoms with Gasteiger partial charge in [0.25, 0.3) is 0 Å². The van der Waals surface area contributed by atoms with E-state index in [1.807, 2.05) is 6.92 Å². The van der Waals surface area contributed by atoms with Gasteiger partial charge in [0.05, 0.1) is 0 Å². The molecule has 1 unspecified atom stereocenters. The van der Waals surface area contributed by atoms with Crippen LogP contribution in [0, 0.1) is 6.92 Å². The molecule has 0 saturated heterocycles. The van der Waals surface area contributed by atoms with Crippen molar-refractivity contribution < 1.29 is 5.11 Å². The molecule has 0 fully saturated rings. The smallest absolute Gasteiger partial charge is 0.117 e. The molecule has 0 aliphatic heterocycles. The molecule has 1 aromatic rings. The van der Waals surface area contributed by atoms with E-state index in [1.54, 1.807) is 12.1 Å². The largest absolute Gasteiger partial charge is 0.508 e. The number of phenols is 1. The van der Waals surface area contributed by atoms with E-state index in [1.165, 1.54) is 0 Å². The van der Waals surface area contributed by atoms with Crippen LogP contribution in [0.5, 0.6) is 5.75 Å². The summed E-state index contributed by atoms with van der Waals surface area (Å²) >= 11 is 6.05. The summed E-state index contributed by atoms with van der Waals surface area (Å²) < 4.78 is 0. The van der Waals surface area contributed by atoms with E-state index in [0.717, 1.165) is 17.5 Å². The van der Waals surface area contributed by atoms with Gasteiger partial charge in [-0.1, -0.05) is 25.4 Å². The summed E-state index contributed by atoms with van der Waals surface area (Å²) in [6, 6.07) is 3.36. The van der Waals surface area contributed by atoms with E-state index in [9.17, 15) is 5.11 Å². The van der Waals surface area contributed by atoms with Gasteiger partial charge in [0.1, 0.15) is 5.75 Å². The highest BCUT2D eigenvalue weighted by molar-refractivity contribution is 6.31. The molecule has 1 N–H and O–H groups in total. The fraction of sp³-hybridized carbons (Fsp3) is 0.455. The first-order chi connectivity index (χ1) is 6.06. The van der Waals surface area contributed by atoms with Gasteiger partial charge in [0.2, 0.25) is 0 Å². The Kier molecular flexibility index (Phi) is 3.21. The van der Waals surface area contributed by atoms with Gasteiger partial charge in [-0.05, 0) is 42.5 Å². The predicted octanol–water partition coefficient (Wildman–Crippen LogP) is 3.87. The van der Waals surface area contributed by atoms with Crippen LogP contribution in [0.15, 0.2) is 12.1 Å². The SMILES string of the molecule is CCC(C)c1c(C)cc(O)cc1Cl. The average Bonchev–Trinajstić information content (AvgIpc) is 2.02. The maximum absolute atomic E-state index is 9.29. The second-order valence-electron chi connectivity index (χ2n) is 3.47. The summed E-state index contributed by atoms with van der Waals surface area (Å²) in [5.41, 5.74) is 2.22. The van der Waals surface area contributed by atoms with Crippen molar-refractivity contribution in [3.63, 3.8) is 0 Å². The molecule has 0 amide bonds. The van der Waals surface area contributed by atoms with Gasteiger partial charge in [-0.3, -0.25) is 0 Å². The highest BCUT2D eigenvalue weighted by Crippen LogP contribution is 2.32. The van der Waals surface area contributed by atoms with Crippen molar-refractivity contribution in [1.82, 2.24) is 0 Å². The molecule has 72 valence electrons. The summed E-state index contributed by atoms with van der Waals surface area (Å²) in [6.45, 7) is 6.26. The molecular weight excluding hydrogens is 184 g/mol. The van der Waals surface area contributed by atoms with Crippen LogP contribution in [0.4, 0.5) is 0 Å². The van der Waals surface area contributed by atoms with Crippen LogP contribution < -0.4 is 0 Å². The van der Waals surface area contributed by atoms with Crippen LogP contribution >= 0.6 is 11.6 Å². The molecule has 1 aromatic carbocycles. The number of aryl methyl sites for hydroxylation is 1. The number of benzene rings is 1. The van der Waals surface area contributed by atoms with Crippen LogP contribution in [0.3, 0.4) is 0 Å². The number of rotatable bonds is 2. The van der Waals surface area contributed by atoms with Gasteiger partial charge in [-0.15, -0.1) is 0 Å². The molecule has 13 heavy (non-hydrogen) atoms. The lowest BCUT2D eigenvalue weighted by Gasteiger charge is -2.14. The second-order valence-corrected chi connectivity index (χ2v) is 3.87. The van der Waals surface area contributed by atoms with Crippen LogP contribution in [0.2, 0.25) is 5.02 Å². The van der Waals surface area contributed by atoms with E-state index in [-0.39, 0.29) is 5.75 Å². The zero-order valence-electron chi connectivity index (χ0n) is 8.26. The van der Waals surface area contributed by atoms with Crippen LogP contribution in [0.1, 0.15) is 37.3 Å². The third kappa shape index (κ3) is 2.16. The zero-order chi connectivity index (χ0) is 10.0. The molecule has 1 rings (SSSR count). The molecule has 0 spiro atoms. The van der Waals surface area contributed by atoms with Crippen molar-refractivity contribution in [3.8, 4) is 5.75 Å². The average molecular weight is 199 g/mol. The van der Waals surface area contributed by atoms with Crippen molar-refractivity contribution in [1.29, 1.82) is 0 Å². The minimum absolute atomic E-state index is 0.245. The lowest BCUT2D eigenvalue weighted by atomic mass is 9.94. The topological polar surface area (TPSA) is 20.2 Å². The third-order valence-electron chi connectivity index (χ3n) is 2.43. The number of hydrogen-bond acceptors (Lipinski definition) is 1. The Morgan fingerprint density at radius 3 is 2.54 bits per heavy atom. The maximum Gasteiger partial charge on any atom is 0.117 e. The van der Waals surface area contributed by atoms with Crippen molar-refractivity contribution in [3.05, 3.63) is 28.3 Å². The summed E-state index contributed by atoms with van der Waals surface area (Å²) in [4.78, 5) is 0. The Morgan fingerprint density at radius 2 is 2.08 bits per heavy atom. The molecule has 0 aliphatic rings. The lowest BCUT2D eigenvalue weighted by Crippen LogP contribution is -1.96. The standard InChI is InChI=1S/C11H15ClO/c1-4-7(2)11-8(3)5-9(13)6-10(11)12/h5-7,13H,4H2,1-3H3. The van der Waals surface area contributed by atoms with Crippen LogP contribution in [-0.2, 0) is 0 Å². The minimum Gasteiger partial charge on any atom is -0.508 e. The summed E-state index contributed by atoms with van der Waals surface area (Å²) in [5.74, 6) is 0.697. The highest BCUT2D eigenvalue weighted by atomic mass is 35.5. The van der Waals surface area contributed by atoms with Crippen molar-refractivity contribution >= 4 is 11.6 Å². The molecule has 0 aromatic heterocycles. The van der Waals surface area contributed by atoms with Crippen molar-refractivity contribution in [2.75, 3.05) is 0 Å². The number of aromatic hydroxyl groups is 1. The van der Waals surface area contributed by atoms with Crippen molar-refractivity contribution in [2.45, 2.75) is 33.1 Å². The monoisotopic (exact) mass is 198 g/mol. The minimum atomic E-state index is 0.245. The lowest BCUT2D eigenvalue weighted by molar-refractivity contribution is 0.474. The summed E-state index contributed by atoms with van der Waals surface area (Å²) in [7, 11) is 0.